The fourth-order valence-corrected chi connectivity index (χ4v) is 3.76. The first-order valence-electron chi connectivity index (χ1n) is 13.1. The number of hydrazone groups is 1. The molecule has 0 aliphatic rings. The van der Waals surface area contributed by atoms with E-state index < -0.39 is 17.6 Å². The molecule has 0 aliphatic carbocycles. The van der Waals surface area contributed by atoms with Gasteiger partial charge in [0, 0.05) is 11.3 Å². The molecule has 0 atom stereocenters. The summed E-state index contributed by atoms with van der Waals surface area (Å²) in [6, 6.07) is 25.0. The topological polar surface area (TPSA) is 107 Å². The van der Waals surface area contributed by atoms with Gasteiger partial charge in [-0.15, -0.1) is 0 Å². The van der Waals surface area contributed by atoms with Gasteiger partial charge in [-0.25, -0.2) is 9.82 Å². The summed E-state index contributed by atoms with van der Waals surface area (Å²) < 4.78 is 35.6. The van der Waals surface area contributed by atoms with Crippen molar-refractivity contribution in [3.8, 4) is 23.0 Å². The molecule has 0 saturated heterocycles. The van der Waals surface area contributed by atoms with E-state index in [9.17, 15) is 14.0 Å². The third kappa shape index (κ3) is 8.56. The van der Waals surface area contributed by atoms with Gasteiger partial charge in [0.25, 0.3) is 11.8 Å². The number of carbonyl (C=O) groups is 2. The summed E-state index contributed by atoms with van der Waals surface area (Å²) >= 11 is 0. The molecule has 4 aromatic rings. The van der Waals surface area contributed by atoms with E-state index in [4.69, 9.17) is 18.9 Å². The number of amides is 2. The number of rotatable bonds is 13. The fraction of sp³-hybridized carbons (Fsp3) is 0.156. The highest BCUT2D eigenvalue weighted by atomic mass is 19.1. The average molecular weight is 572 g/mol. The zero-order valence-corrected chi connectivity index (χ0v) is 23.1. The van der Waals surface area contributed by atoms with E-state index in [2.05, 4.69) is 15.8 Å². The molecule has 0 radical (unpaired) electrons. The lowest BCUT2D eigenvalue weighted by atomic mass is 10.2. The second-order valence-electron chi connectivity index (χ2n) is 8.82. The molecule has 4 aromatic carbocycles. The minimum absolute atomic E-state index is 0.281. The summed E-state index contributed by atoms with van der Waals surface area (Å²) in [6.07, 6.45) is 1.45. The molecule has 0 heterocycles. The normalized spacial score (nSPS) is 10.6. The number of hydrogen-bond donors (Lipinski definition) is 2. The van der Waals surface area contributed by atoms with Crippen LogP contribution in [-0.2, 0) is 11.4 Å². The molecule has 0 fully saturated rings. The van der Waals surface area contributed by atoms with Crippen molar-refractivity contribution in [1.82, 2.24) is 5.43 Å². The highest BCUT2D eigenvalue weighted by molar-refractivity contribution is 5.95. The molecule has 216 valence electrons. The lowest BCUT2D eigenvalue weighted by molar-refractivity contribution is -0.118. The second kappa shape index (κ2) is 14.8. The van der Waals surface area contributed by atoms with Crippen LogP contribution in [0.4, 0.5) is 10.1 Å². The molecule has 4 rings (SSSR count). The van der Waals surface area contributed by atoms with E-state index in [0.717, 1.165) is 5.56 Å². The lowest BCUT2D eigenvalue weighted by Crippen LogP contribution is -2.20. The predicted octanol–water partition coefficient (Wildman–Crippen LogP) is 5.59. The average Bonchev–Trinajstić information content (AvgIpc) is 3.01. The predicted molar refractivity (Wildman–Crippen MR) is 157 cm³/mol. The van der Waals surface area contributed by atoms with Gasteiger partial charge in [0.05, 0.1) is 19.9 Å². The number of ether oxygens (including phenoxy) is 4. The SMILES string of the molecule is CCOc1cc(C(=O)N/N=C/c2ccc(OCC(=O)Nc3ccc(F)cc3)c(OC)c2)ccc1OCc1ccccc1. The van der Waals surface area contributed by atoms with Crippen molar-refractivity contribution in [3.05, 3.63) is 114 Å². The summed E-state index contributed by atoms with van der Waals surface area (Å²) in [4.78, 5) is 24.9. The van der Waals surface area contributed by atoms with Gasteiger partial charge in [-0.1, -0.05) is 30.3 Å². The monoisotopic (exact) mass is 571 g/mol. The zero-order valence-electron chi connectivity index (χ0n) is 23.1. The van der Waals surface area contributed by atoms with E-state index in [-0.39, 0.29) is 6.61 Å². The maximum Gasteiger partial charge on any atom is 0.271 e. The van der Waals surface area contributed by atoms with Gasteiger partial charge in [0.1, 0.15) is 12.4 Å². The molecule has 2 N–H and O–H groups in total. The Morgan fingerprint density at radius 2 is 1.57 bits per heavy atom. The Kier molecular flexibility index (Phi) is 10.5. The molecule has 2 amide bonds. The molecular weight excluding hydrogens is 541 g/mol. The van der Waals surface area contributed by atoms with Crippen LogP contribution in [0, 0.1) is 5.82 Å². The van der Waals surface area contributed by atoms with E-state index in [1.807, 2.05) is 37.3 Å². The molecule has 0 aromatic heterocycles. The number of nitrogens with zero attached hydrogens (tertiary/aromatic N) is 1. The Hall–Kier alpha value is -5.38. The summed E-state index contributed by atoms with van der Waals surface area (Å²) in [5, 5.41) is 6.66. The Balaban J connectivity index is 1.33. The molecular formula is C32H30FN3O6. The Morgan fingerprint density at radius 1 is 0.833 bits per heavy atom. The number of benzene rings is 4. The molecule has 42 heavy (non-hydrogen) atoms. The highest BCUT2D eigenvalue weighted by Gasteiger charge is 2.12. The van der Waals surface area contributed by atoms with Crippen LogP contribution in [0.25, 0.3) is 0 Å². The molecule has 9 nitrogen and oxygen atoms in total. The van der Waals surface area contributed by atoms with Crippen molar-refractivity contribution >= 4 is 23.7 Å². The van der Waals surface area contributed by atoms with Gasteiger partial charge >= 0.3 is 0 Å². The van der Waals surface area contributed by atoms with Crippen LogP contribution < -0.4 is 29.7 Å². The lowest BCUT2D eigenvalue weighted by Gasteiger charge is -2.13. The largest absolute Gasteiger partial charge is 0.493 e. The number of hydrogen-bond acceptors (Lipinski definition) is 7. The zero-order chi connectivity index (χ0) is 29.7. The summed E-state index contributed by atoms with van der Waals surface area (Å²) in [6.45, 7) is 2.35. The summed E-state index contributed by atoms with van der Waals surface area (Å²) in [5.74, 6) is 0.450. The smallest absolute Gasteiger partial charge is 0.271 e. The molecule has 0 spiro atoms. The Morgan fingerprint density at radius 3 is 2.31 bits per heavy atom. The van der Waals surface area contributed by atoms with Gasteiger partial charge in [-0.05, 0) is 78.7 Å². The van der Waals surface area contributed by atoms with E-state index in [1.54, 1.807) is 36.4 Å². The summed E-state index contributed by atoms with van der Waals surface area (Å²) in [5.41, 5.74) is 4.93. The van der Waals surface area contributed by atoms with Crippen molar-refractivity contribution in [2.24, 2.45) is 5.10 Å². The van der Waals surface area contributed by atoms with Gasteiger partial charge in [-0.3, -0.25) is 9.59 Å². The van der Waals surface area contributed by atoms with Crippen LogP contribution in [0.1, 0.15) is 28.4 Å². The fourth-order valence-electron chi connectivity index (χ4n) is 3.76. The van der Waals surface area contributed by atoms with Crippen LogP contribution >= 0.6 is 0 Å². The van der Waals surface area contributed by atoms with Crippen LogP contribution in [0.5, 0.6) is 23.0 Å². The first kappa shape index (κ1) is 29.6. The maximum absolute atomic E-state index is 13.0. The van der Waals surface area contributed by atoms with Gasteiger partial charge in [0.2, 0.25) is 0 Å². The highest BCUT2D eigenvalue weighted by Crippen LogP contribution is 2.30. The molecule has 0 bridgehead atoms. The number of methoxy groups -OCH3 is 1. The number of anilines is 1. The second-order valence-corrected chi connectivity index (χ2v) is 8.82. The molecule has 0 aliphatic heterocycles. The quantitative estimate of drug-likeness (QED) is 0.160. The van der Waals surface area contributed by atoms with E-state index in [1.165, 1.54) is 37.6 Å². The number of nitrogens with one attached hydrogen (secondary N) is 2. The molecule has 0 unspecified atom stereocenters. The summed E-state index contributed by atoms with van der Waals surface area (Å²) in [7, 11) is 1.46. The van der Waals surface area contributed by atoms with Crippen molar-refractivity contribution < 1.29 is 32.9 Å². The van der Waals surface area contributed by atoms with Gasteiger partial charge in [0.15, 0.2) is 29.6 Å². The Bertz CT molecular complexity index is 1530. The molecule has 0 saturated carbocycles. The number of carbonyl (C=O) groups excluding carboxylic acids is 2. The molecule has 10 heteroatoms. The van der Waals surface area contributed by atoms with Crippen molar-refractivity contribution in [3.63, 3.8) is 0 Å². The van der Waals surface area contributed by atoms with Crippen LogP contribution in [-0.4, -0.2) is 38.4 Å². The minimum Gasteiger partial charge on any atom is -0.493 e. The Labute approximate surface area is 242 Å². The maximum atomic E-state index is 13.0. The minimum atomic E-state index is -0.430. The first-order chi connectivity index (χ1) is 20.4. The van der Waals surface area contributed by atoms with E-state index >= 15 is 0 Å². The van der Waals surface area contributed by atoms with Gasteiger partial charge < -0.3 is 24.3 Å². The third-order valence-electron chi connectivity index (χ3n) is 5.80. The standard InChI is InChI=1S/C32H30FN3O6/c1-3-40-30-18-24(10-16-28(30)41-20-22-7-5-4-6-8-22)32(38)36-34-19-23-9-15-27(29(17-23)39-2)42-21-31(37)35-26-13-11-25(33)12-14-26/h4-19H,3,20-21H2,1-2H3,(H,35,37)(H,36,38)/b34-19+. The van der Waals surface area contributed by atoms with Crippen LogP contribution in [0.3, 0.4) is 0 Å². The van der Waals surface area contributed by atoms with Crippen LogP contribution in [0.2, 0.25) is 0 Å². The van der Waals surface area contributed by atoms with Crippen molar-refractivity contribution in [2.75, 3.05) is 25.6 Å². The number of halogens is 1. The first-order valence-corrected chi connectivity index (χ1v) is 13.1. The van der Waals surface area contributed by atoms with Crippen LogP contribution in [0.15, 0.2) is 96.1 Å². The van der Waals surface area contributed by atoms with Gasteiger partial charge in [-0.2, -0.15) is 5.10 Å². The van der Waals surface area contributed by atoms with Crippen molar-refractivity contribution in [2.45, 2.75) is 13.5 Å². The van der Waals surface area contributed by atoms with E-state index in [0.29, 0.717) is 53.0 Å². The third-order valence-corrected chi connectivity index (χ3v) is 5.80. The van der Waals surface area contributed by atoms with Crippen molar-refractivity contribution in [1.29, 1.82) is 0 Å².